The fourth-order valence-electron chi connectivity index (χ4n) is 2.33. The molecule has 1 aliphatic rings. The molecule has 0 aliphatic carbocycles. The van der Waals surface area contributed by atoms with Crippen molar-refractivity contribution in [2.75, 3.05) is 25.0 Å². The first-order valence-electron chi connectivity index (χ1n) is 7.00. The molecular formula is C13H23N5. The summed E-state index contributed by atoms with van der Waals surface area (Å²) in [6.45, 7) is 7.41. The van der Waals surface area contributed by atoms with Gasteiger partial charge in [-0.3, -0.25) is 0 Å². The Morgan fingerprint density at radius 3 is 2.50 bits per heavy atom. The minimum absolute atomic E-state index is 0.683. The van der Waals surface area contributed by atoms with Crippen molar-refractivity contribution in [2.24, 2.45) is 5.92 Å². The number of hydrogen-bond donors (Lipinski definition) is 2. The molecule has 18 heavy (non-hydrogen) atoms. The Morgan fingerprint density at radius 1 is 1.11 bits per heavy atom. The van der Waals surface area contributed by atoms with Crippen molar-refractivity contribution in [1.29, 1.82) is 0 Å². The number of nitrogens with one attached hydrogen (secondary N) is 2. The maximum Gasteiger partial charge on any atom is 0.242 e. The van der Waals surface area contributed by atoms with Crippen LogP contribution in [0, 0.1) is 5.92 Å². The number of nitrogens with zero attached hydrogens (tertiary/aromatic N) is 3. The Kier molecular flexibility index (Phi) is 4.87. The highest BCUT2D eigenvalue weighted by atomic mass is 15.2. The number of aromatic nitrogens is 3. The molecule has 2 heterocycles. The second-order valence-corrected chi connectivity index (χ2v) is 4.81. The Balaban J connectivity index is 1.92. The third kappa shape index (κ3) is 3.38. The zero-order chi connectivity index (χ0) is 12.8. The number of anilines is 1. The SMILES string of the molecule is CCc1nnc(NCC2CCNCC2)nc1CC. The highest BCUT2D eigenvalue weighted by Gasteiger charge is 2.13. The molecule has 5 nitrogen and oxygen atoms in total. The van der Waals surface area contributed by atoms with Gasteiger partial charge in [0.15, 0.2) is 0 Å². The summed E-state index contributed by atoms with van der Waals surface area (Å²) in [7, 11) is 0. The number of hydrogen-bond acceptors (Lipinski definition) is 5. The highest BCUT2D eigenvalue weighted by Crippen LogP contribution is 2.12. The smallest absolute Gasteiger partial charge is 0.242 e. The summed E-state index contributed by atoms with van der Waals surface area (Å²) in [6, 6.07) is 0. The van der Waals surface area contributed by atoms with Crippen LogP contribution in [0.5, 0.6) is 0 Å². The zero-order valence-electron chi connectivity index (χ0n) is 11.4. The molecule has 1 aromatic rings. The second kappa shape index (κ2) is 6.64. The molecule has 1 aromatic heterocycles. The molecule has 1 fully saturated rings. The highest BCUT2D eigenvalue weighted by molar-refractivity contribution is 5.25. The van der Waals surface area contributed by atoms with E-state index in [4.69, 9.17) is 0 Å². The number of piperidine rings is 1. The fraction of sp³-hybridized carbons (Fsp3) is 0.769. The van der Waals surface area contributed by atoms with Crippen LogP contribution in [-0.4, -0.2) is 34.8 Å². The minimum Gasteiger partial charge on any atom is -0.353 e. The van der Waals surface area contributed by atoms with E-state index in [1.165, 1.54) is 12.8 Å². The van der Waals surface area contributed by atoms with Crippen molar-refractivity contribution in [3.63, 3.8) is 0 Å². The molecule has 0 spiro atoms. The standard InChI is InChI=1S/C13H23N5/c1-3-11-12(4-2)17-18-13(16-11)15-9-10-5-7-14-8-6-10/h10,14H,3-9H2,1-2H3,(H,15,16,18). The summed E-state index contributed by atoms with van der Waals surface area (Å²) in [5, 5.41) is 15.1. The molecule has 1 aliphatic heterocycles. The lowest BCUT2D eigenvalue weighted by molar-refractivity contribution is 0.389. The van der Waals surface area contributed by atoms with E-state index in [1.807, 2.05) is 0 Å². The van der Waals surface area contributed by atoms with Gasteiger partial charge in [0.1, 0.15) is 0 Å². The van der Waals surface area contributed by atoms with Gasteiger partial charge >= 0.3 is 0 Å². The molecule has 5 heteroatoms. The molecule has 0 aromatic carbocycles. The van der Waals surface area contributed by atoms with Crippen LogP contribution in [0.4, 0.5) is 5.95 Å². The predicted octanol–water partition coefficient (Wildman–Crippen LogP) is 1.41. The second-order valence-electron chi connectivity index (χ2n) is 4.81. The number of rotatable bonds is 5. The van der Waals surface area contributed by atoms with E-state index >= 15 is 0 Å². The van der Waals surface area contributed by atoms with Crippen LogP contribution in [0.2, 0.25) is 0 Å². The maximum atomic E-state index is 4.55. The quantitative estimate of drug-likeness (QED) is 0.826. The predicted molar refractivity (Wildman–Crippen MR) is 72.7 cm³/mol. The van der Waals surface area contributed by atoms with E-state index in [2.05, 4.69) is 39.7 Å². The Labute approximate surface area is 109 Å². The van der Waals surface area contributed by atoms with Crippen LogP contribution in [0.25, 0.3) is 0 Å². The van der Waals surface area contributed by atoms with Crippen LogP contribution < -0.4 is 10.6 Å². The largest absolute Gasteiger partial charge is 0.353 e. The summed E-state index contributed by atoms with van der Waals surface area (Å²) in [4.78, 5) is 4.55. The van der Waals surface area contributed by atoms with Crippen molar-refractivity contribution in [3.8, 4) is 0 Å². The first kappa shape index (κ1) is 13.2. The van der Waals surface area contributed by atoms with E-state index in [0.717, 1.165) is 49.8 Å². The van der Waals surface area contributed by atoms with Crippen molar-refractivity contribution in [3.05, 3.63) is 11.4 Å². The van der Waals surface area contributed by atoms with Gasteiger partial charge in [0, 0.05) is 6.54 Å². The van der Waals surface area contributed by atoms with E-state index in [1.54, 1.807) is 0 Å². The Morgan fingerprint density at radius 2 is 1.83 bits per heavy atom. The molecule has 0 atom stereocenters. The fourth-order valence-corrected chi connectivity index (χ4v) is 2.33. The van der Waals surface area contributed by atoms with Crippen LogP contribution in [0.3, 0.4) is 0 Å². The van der Waals surface area contributed by atoms with Crippen LogP contribution in [-0.2, 0) is 12.8 Å². The summed E-state index contributed by atoms with van der Waals surface area (Å²) >= 11 is 0. The van der Waals surface area contributed by atoms with E-state index in [9.17, 15) is 0 Å². The zero-order valence-corrected chi connectivity index (χ0v) is 11.4. The summed E-state index contributed by atoms with van der Waals surface area (Å²) in [5.41, 5.74) is 2.09. The Bertz CT molecular complexity index is 374. The summed E-state index contributed by atoms with van der Waals surface area (Å²) in [6.07, 6.45) is 4.28. The first-order chi connectivity index (χ1) is 8.83. The lowest BCUT2D eigenvalue weighted by Gasteiger charge is -2.22. The molecule has 2 N–H and O–H groups in total. The van der Waals surface area contributed by atoms with Gasteiger partial charge in [0.2, 0.25) is 5.95 Å². The molecule has 0 saturated carbocycles. The van der Waals surface area contributed by atoms with Crippen molar-refractivity contribution < 1.29 is 0 Å². The molecule has 1 saturated heterocycles. The van der Waals surface area contributed by atoms with E-state index in [0.29, 0.717) is 5.95 Å². The van der Waals surface area contributed by atoms with Crippen LogP contribution in [0.1, 0.15) is 38.1 Å². The van der Waals surface area contributed by atoms with Gasteiger partial charge in [-0.2, -0.15) is 5.10 Å². The van der Waals surface area contributed by atoms with Gasteiger partial charge in [-0.1, -0.05) is 13.8 Å². The van der Waals surface area contributed by atoms with E-state index < -0.39 is 0 Å². The third-order valence-electron chi connectivity index (χ3n) is 3.52. The van der Waals surface area contributed by atoms with Gasteiger partial charge < -0.3 is 10.6 Å². The first-order valence-corrected chi connectivity index (χ1v) is 7.00. The van der Waals surface area contributed by atoms with Gasteiger partial charge in [-0.25, -0.2) is 4.98 Å². The van der Waals surface area contributed by atoms with Crippen molar-refractivity contribution in [2.45, 2.75) is 39.5 Å². The third-order valence-corrected chi connectivity index (χ3v) is 3.52. The number of aryl methyl sites for hydroxylation is 2. The van der Waals surface area contributed by atoms with Crippen LogP contribution >= 0.6 is 0 Å². The molecular weight excluding hydrogens is 226 g/mol. The summed E-state index contributed by atoms with van der Waals surface area (Å²) in [5.74, 6) is 1.41. The molecule has 2 rings (SSSR count). The lowest BCUT2D eigenvalue weighted by atomic mass is 9.98. The molecule has 0 bridgehead atoms. The molecule has 0 unspecified atom stereocenters. The summed E-state index contributed by atoms with van der Waals surface area (Å²) < 4.78 is 0. The van der Waals surface area contributed by atoms with Gasteiger partial charge in [-0.15, -0.1) is 5.10 Å². The van der Waals surface area contributed by atoms with E-state index in [-0.39, 0.29) is 0 Å². The Hall–Kier alpha value is -1.23. The minimum atomic E-state index is 0.683. The topological polar surface area (TPSA) is 62.7 Å². The average molecular weight is 249 g/mol. The maximum absolute atomic E-state index is 4.55. The van der Waals surface area contributed by atoms with Crippen LogP contribution in [0.15, 0.2) is 0 Å². The van der Waals surface area contributed by atoms with Crippen molar-refractivity contribution >= 4 is 5.95 Å². The molecule has 0 radical (unpaired) electrons. The molecule has 0 amide bonds. The molecule has 100 valence electrons. The van der Waals surface area contributed by atoms with Gasteiger partial charge in [0.25, 0.3) is 0 Å². The van der Waals surface area contributed by atoms with Crippen molar-refractivity contribution in [1.82, 2.24) is 20.5 Å². The lowest BCUT2D eigenvalue weighted by Crippen LogP contribution is -2.31. The normalized spacial score (nSPS) is 16.8. The average Bonchev–Trinajstić information content (AvgIpc) is 2.45. The monoisotopic (exact) mass is 249 g/mol. The van der Waals surface area contributed by atoms with Gasteiger partial charge in [-0.05, 0) is 44.7 Å². The van der Waals surface area contributed by atoms with Gasteiger partial charge in [0.05, 0.1) is 11.4 Å².